The topological polar surface area (TPSA) is 83.3 Å². The Bertz CT molecular complexity index is 681. The van der Waals surface area contributed by atoms with Gasteiger partial charge in [0.1, 0.15) is 0 Å². The molecule has 1 amide bonds. The summed E-state index contributed by atoms with van der Waals surface area (Å²) in [6, 6.07) is 9.58. The second-order valence-electron chi connectivity index (χ2n) is 5.58. The zero-order valence-electron chi connectivity index (χ0n) is 14.8. The molecular formula is C18H26N6O. The Labute approximate surface area is 148 Å². The Balaban J connectivity index is 1.69. The lowest BCUT2D eigenvalue weighted by molar-refractivity contribution is 0.0963. The number of amides is 1. The number of carbonyl (C=O) groups excluding carboxylic acids is 1. The van der Waals surface area contributed by atoms with Crippen molar-refractivity contribution >= 4 is 11.9 Å². The van der Waals surface area contributed by atoms with Crippen molar-refractivity contribution in [1.29, 1.82) is 0 Å². The maximum Gasteiger partial charge on any atom is 0.251 e. The molecule has 3 N–H and O–H groups in total. The molecule has 7 nitrogen and oxygen atoms in total. The van der Waals surface area contributed by atoms with Crippen LogP contribution in [0.2, 0.25) is 0 Å². The highest BCUT2D eigenvalue weighted by atomic mass is 16.1. The lowest BCUT2D eigenvalue weighted by Crippen LogP contribution is -2.39. The van der Waals surface area contributed by atoms with Crippen LogP contribution in [-0.4, -0.2) is 48.8 Å². The lowest BCUT2D eigenvalue weighted by atomic mass is 10.1. The van der Waals surface area contributed by atoms with Crippen molar-refractivity contribution in [2.24, 2.45) is 4.99 Å². The number of aliphatic imine (C=N–C) groups is 1. The first kappa shape index (κ1) is 18.5. The van der Waals surface area contributed by atoms with Crippen molar-refractivity contribution in [3.05, 3.63) is 53.9 Å². The van der Waals surface area contributed by atoms with Crippen LogP contribution in [0.15, 0.2) is 47.7 Å². The fourth-order valence-corrected chi connectivity index (χ4v) is 2.44. The van der Waals surface area contributed by atoms with Crippen LogP contribution in [0.1, 0.15) is 22.3 Å². The van der Waals surface area contributed by atoms with Gasteiger partial charge in [-0.25, -0.2) is 0 Å². The zero-order valence-corrected chi connectivity index (χ0v) is 14.8. The normalized spacial score (nSPS) is 11.2. The highest BCUT2D eigenvalue weighted by molar-refractivity contribution is 5.94. The van der Waals surface area contributed by atoms with Gasteiger partial charge in [-0.2, -0.15) is 5.10 Å². The number of guanidine groups is 1. The van der Waals surface area contributed by atoms with E-state index in [0.717, 1.165) is 44.0 Å². The van der Waals surface area contributed by atoms with Gasteiger partial charge >= 0.3 is 0 Å². The van der Waals surface area contributed by atoms with E-state index in [2.05, 4.69) is 26.0 Å². The molecule has 0 bridgehead atoms. The van der Waals surface area contributed by atoms with E-state index in [9.17, 15) is 4.79 Å². The van der Waals surface area contributed by atoms with E-state index in [-0.39, 0.29) is 5.91 Å². The van der Waals surface area contributed by atoms with Crippen molar-refractivity contribution in [1.82, 2.24) is 25.7 Å². The molecule has 1 aromatic carbocycles. The predicted molar refractivity (Wildman–Crippen MR) is 99.7 cm³/mol. The van der Waals surface area contributed by atoms with E-state index >= 15 is 0 Å². The molecule has 0 aliphatic carbocycles. The molecule has 2 rings (SSSR count). The highest BCUT2D eigenvalue weighted by Crippen LogP contribution is 2.05. The summed E-state index contributed by atoms with van der Waals surface area (Å²) in [7, 11) is 3.40. The van der Waals surface area contributed by atoms with Gasteiger partial charge in [0, 0.05) is 51.7 Å². The summed E-state index contributed by atoms with van der Waals surface area (Å²) >= 11 is 0. The molecule has 0 saturated carbocycles. The SMILES string of the molecule is CN=C(NCCCn1cccn1)NCCc1cccc(C(=O)NC)c1. The summed E-state index contributed by atoms with van der Waals surface area (Å²) in [6.07, 6.45) is 5.53. The minimum Gasteiger partial charge on any atom is -0.356 e. The monoisotopic (exact) mass is 342 g/mol. The van der Waals surface area contributed by atoms with E-state index in [1.54, 1.807) is 20.3 Å². The minimum absolute atomic E-state index is 0.0653. The van der Waals surface area contributed by atoms with Crippen LogP contribution < -0.4 is 16.0 Å². The quantitative estimate of drug-likeness (QED) is 0.380. The number of rotatable bonds is 8. The Morgan fingerprint density at radius 2 is 2.08 bits per heavy atom. The number of nitrogens with one attached hydrogen (secondary N) is 3. The second-order valence-corrected chi connectivity index (χ2v) is 5.58. The zero-order chi connectivity index (χ0) is 17.9. The molecule has 1 aromatic heterocycles. The Morgan fingerprint density at radius 1 is 1.24 bits per heavy atom. The molecule has 7 heteroatoms. The fraction of sp³-hybridized carbons (Fsp3) is 0.389. The third kappa shape index (κ3) is 6.29. The molecule has 2 aromatic rings. The first-order valence-corrected chi connectivity index (χ1v) is 8.46. The molecule has 0 aliphatic rings. The van der Waals surface area contributed by atoms with Crippen molar-refractivity contribution < 1.29 is 4.79 Å². The van der Waals surface area contributed by atoms with Crippen LogP contribution in [0.25, 0.3) is 0 Å². The fourth-order valence-electron chi connectivity index (χ4n) is 2.44. The number of carbonyl (C=O) groups is 1. The molecule has 0 aliphatic heterocycles. The van der Waals surface area contributed by atoms with Gasteiger partial charge in [0.25, 0.3) is 5.91 Å². The van der Waals surface area contributed by atoms with Gasteiger partial charge < -0.3 is 16.0 Å². The Kier molecular flexibility index (Phi) is 7.49. The van der Waals surface area contributed by atoms with E-state index in [1.165, 1.54) is 0 Å². The van der Waals surface area contributed by atoms with Gasteiger partial charge in [-0.15, -0.1) is 0 Å². The number of hydrogen-bond donors (Lipinski definition) is 3. The lowest BCUT2D eigenvalue weighted by Gasteiger charge is -2.12. The first-order chi connectivity index (χ1) is 12.2. The third-order valence-electron chi connectivity index (χ3n) is 3.76. The van der Waals surface area contributed by atoms with Crippen LogP contribution >= 0.6 is 0 Å². The largest absolute Gasteiger partial charge is 0.356 e. The van der Waals surface area contributed by atoms with Crippen molar-refractivity contribution in [3.8, 4) is 0 Å². The van der Waals surface area contributed by atoms with Crippen LogP contribution in [0.4, 0.5) is 0 Å². The molecule has 25 heavy (non-hydrogen) atoms. The number of aryl methyl sites for hydroxylation is 1. The molecule has 0 fully saturated rings. The molecule has 1 heterocycles. The molecule has 0 radical (unpaired) electrons. The summed E-state index contributed by atoms with van der Waals surface area (Å²) in [6.45, 7) is 2.45. The Hall–Kier alpha value is -2.83. The number of benzene rings is 1. The van der Waals surface area contributed by atoms with Gasteiger partial charge in [0.2, 0.25) is 0 Å². The molecule has 0 unspecified atom stereocenters. The van der Waals surface area contributed by atoms with Gasteiger partial charge in [-0.05, 0) is 36.6 Å². The van der Waals surface area contributed by atoms with E-state index in [0.29, 0.717) is 5.56 Å². The second kappa shape index (κ2) is 10.1. The average Bonchev–Trinajstić information content (AvgIpc) is 3.16. The number of nitrogens with zero attached hydrogens (tertiary/aromatic N) is 3. The summed E-state index contributed by atoms with van der Waals surface area (Å²) in [5.41, 5.74) is 1.80. The van der Waals surface area contributed by atoms with Gasteiger partial charge in [-0.1, -0.05) is 12.1 Å². The summed E-state index contributed by atoms with van der Waals surface area (Å²) in [4.78, 5) is 15.9. The summed E-state index contributed by atoms with van der Waals surface area (Å²) < 4.78 is 1.91. The molecule has 0 saturated heterocycles. The summed E-state index contributed by atoms with van der Waals surface area (Å²) in [5.74, 6) is 0.715. The standard InChI is InChI=1S/C18H26N6O/c1-19-17(25)16-7-3-6-15(14-16)8-11-22-18(20-2)21-9-4-12-24-13-5-10-23-24/h3,5-7,10,13-14H,4,8-9,11-12H2,1-2H3,(H,19,25)(H2,20,21,22). The number of aromatic nitrogens is 2. The maximum atomic E-state index is 11.7. The highest BCUT2D eigenvalue weighted by Gasteiger charge is 2.04. The van der Waals surface area contributed by atoms with Crippen LogP contribution in [0, 0.1) is 0 Å². The average molecular weight is 342 g/mol. The molecule has 134 valence electrons. The van der Waals surface area contributed by atoms with E-state index < -0.39 is 0 Å². The van der Waals surface area contributed by atoms with Crippen LogP contribution in [0.5, 0.6) is 0 Å². The van der Waals surface area contributed by atoms with E-state index in [4.69, 9.17) is 0 Å². The van der Waals surface area contributed by atoms with Crippen molar-refractivity contribution in [3.63, 3.8) is 0 Å². The van der Waals surface area contributed by atoms with Crippen LogP contribution in [-0.2, 0) is 13.0 Å². The first-order valence-electron chi connectivity index (χ1n) is 8.46. The van der Waals surface area contributed by atoms with Gasteiger partial charge in [0.15, 0.2) is 5.96 Å². The third-order valence-corrected chi connectivity index (χ3v) is 3.76. The smallest absolute Gasteiger partial charge is 0.251 e. The summed E-state index contributed by atoms with van der Waals surface area (Å²) in [5, 5.41) is 13.4. The number of hydrogen-bond acceptors (Lipinski definition) is 3. The maximum absolute atomic E-state index is 11.7. The predicted octanol–water partition coefficient (Wildman–Crippen LogP) is 1.04. The van der Waals surface area contributed by atoms with E-state index in [1.807, 2.05) is 41.2 Å². The van der Waals surface area contributed by atoms with Crippen molar-refractivity contribution in [2.45, 2.75) is 19.4 Å². The molecule has 0 spiro atoms. The van der Waals surface area contributed by atoms with Gasteiger partial charge in [0.05, 0.1) is 0 Å². The molecular weight excluding hydrogens is 316 g/mol. The minimum atomic E-state index is -0.0653. The Morgan fingerprint density at radius 3 is 2.80 bits per heavy atom. The molecule has 0 atom stereocenters. The van der Waals surface area contributed by atoms with Crippen molar-refractivity contribution in [2.75, 3.05) is 27.2 Å². The van der Waals surface area contributed by atoms with Gasteiger partial charge in [-0.3, -0.25) is 14.5 Å². The van der Waals surface area contributed by atoms with Crippen LogP contribution in [0.3, 0.4) is 0 Å².